The number of amides is 1. The van der Waals surface area contributed by atoms with Crippen molar-refractivity contribution >= 4 is 5.91 Å². The van der Waals surface area contributed by atoms with E-state index in [2.05, 4.69) is 12.2 Å². The quantitative estimate of drug-likeness (QED) is 0.794. The molecule has 1 aliphatic carbocycles. The van der Waals surface area contributed by atoms with Crippen molar-refractivity contribution in [3.8, 4) is 0 Å². The van der Waals surface area contributed by atoms with Crippen LogP contribution in [0.15, 0.2) is 0 Å². The fraction of sp³-hybridized carbons (Fsp3) is 0.929. The lowest BCUT2D eigenvalue weighted by Crippen LogP contribution is -2.48. The first-order valence-corrected chi connectivity index (χ1v) is 7.21. The van der Waals surface area contributed by atoms with Crippen LogP contribution in [0.25, 0.3) is 0 Å². The maximum absolute atomic E-state index is 12.3. The van der Waals surface area contributed by atoms with Gasteiger partial charge in [-0.2, -0.15) is 0 Å². The van der Waals surface area contributed by atoms with Crippen molar-refractivity contribution in [1.29, 1.82) is 0 Å². The van der Waals surface area contributed by atoms with Crippen molar-refractivity contribution in [2.45, 2.75) is 57.1 Å². The monoisotopic (exact) mass is 254 g/mol. The number of hydrogen-bond donors (Lipinski definition) is 2. The largest absolute Gasteiger partial charge is 0.388 e. The number of carbonyl (C=O) groups excluding carboxylic acids is 1. The zero-order chi connectivity index (χ0) is 13.2. The summed E-state index contributed by atoms with van der Waals surface area (Å²) in [4.78, 5) is 14.1. The smallest absolute Gasteiger partial charge is 0.226 e. The summed E-state index contributed by atoms with van der Waals surface area (Å²) in [6, 6.07) is 0.526. The maximum atomic E-state index is 12.3. The molecule has 2 fully saturated rings. The van der Waals surface area contributed by atoms with E-state index in [1.165, 1.54) is 0 Å². The SMILES string of the molecule is CC1CCC(C(=O)N(C)CC2(O)CCCC2)CN1. The molecule has 4 nitrogen and oxygen atoms in total. The Labute approximate surface area is 110 Å². The van der Waals surface area contributed by atoms with E-state index in [4.69, 9.17) is 0 Å². The molecule has 2 rings (SSSR count). The summed E-state index contributed by atoms with van der Waals surface area (Å²) in [5, 5.41) is 13.7. The van der Waals surface area contributed by atoms with E-state index in [0.717, 1.165) is 45.1 Å². The van der Waals surface area contributed by atoms with Gasteiger partial charge in [0, 0.05) is 26.2 Å². The van der Waals surface area contributed by atoms with Crippen LogP contribution < -0.4 is 5.32 Å². The zero-order valence-electron chi connectivity index (χ0n) is 11.6. The van der Waals surface area contributed by atoms with Crippen LogP contribution in [-0.4, -0.2) is 47.7 Å². The number of nitrogens with one attached hydrogen (secondary N) is 1. The molecule has 2 N–H and O–H groups in total. The average Bonchev–Trinajstić information content (AvgIpc) is 2.76. The van der Waals surface area contributed by atoms with E-state index in [9.17, 15) is 9.90 Å². The van der Waals surface area contributed by atoms with Gasteiger partial charge in [-0.05, 0) is 32.6 Å². The predicted octanol–water partition coefficient (Wildman–Crippen LogP) is 1.14. The number of nitrogens with zero attached hydrogens (tertiary/aromatic N) is 1. The van der Waals surface area contributed by atoms with Crippen molar-refractivity contribution in [2.75, 3.05) is 20.1 Å². The molecule has 2 atom stereocenters. The molecule has 0 aromatic carbocycles. The van der Waals surface area contributed by atoms with Gasteiger partial charge in [0.25, 0.3) is 0 Å². The van der Waals surface area contributed by atoms with Gasteiger partial charge in [-0.3, -0.25) is 4.79 Å². The van der Waals surface area contributed by atoms with Crippen LogP contribution in [-0.2, 0) is 4.79 Å². The van der Waals surface area contributed by atoms with Crippen LogP contribution in [0.5, 0.6) is 0 Å². The lowest BCUT2D eigenvalue weighted by atomic mass is 9.93. The van der Waals surface area contributed by atoms with Gasteiger partial charge in [-0.25, -0.2) is 0 Å². The Kier molecular flexibility index (Phi) is 4.28. The molecular formula is C14H26N2O2. The predicted molar refractivity (Wildman–Crippen MR) is 71.2 cm³/mol. The molecule has 0 bridgehead atoms. The topological polar surface area (TPSA) is 52.6 Å². The van der Waals surface area contributed by atoms with E-state index in [0.29, 0.717) is 12.6 Å². The van der Waals surface area contributed by atoms with Gasteiger partial charge < -0.3 is 15.3 Å². The van der Waals surface area contributed by atoms with E-state index in [-0.39, 0.29) is 11.8 Å². The van der Waals surface area contributed by atoms with E-state index in [1.54, 1.807) is 4.90 Å². The molecule has 18 heavy (non-hydrogen) atoms. The van der Waals surface area contributed by atoms with Crippen LogP contribution in [0.1, 0.15) is 45.4 Å². The normalized spacial score (nSPS) is 31.3. The third-order valence-electron chi connectivity index (χ3n) is 4.45. The Bertz CT molecular complexity index is 292. The second-order valence-electron chi connectivity index (χ2n) is 6.21. The number of piperidine rings is 1. The summed E-state index contributed by atoms with van der Waals surface area (Å²) in [7, 11) is 1.83. The minimum atomic E-state index is -0.625. The number of aliphatic hydroxyl groups is 1. The van der Waals surface area contributed by atoms with Gasteiger partial charge >= 0.3 is 0 Å². The molecule has 1 aliphatic heterocycles. The first-order valence-electron chi connectivity index (χ1n) is 7.21. The molecule has 0 radical (unpaired) electrons. The number of hydrogen-bond acceptors (Lipinski definition) is 3. The molecule has 1 amide bonds. The minimum absolute atomic E-state index is 0.0937. The molecule has 0 aromatic heterocycles. The number of carbonyl (C=O) groups is 1. The van der Waals surface area contributed by atoms with Crippen LogP contribution in [0.2, 0.25) is 0 Å². The first-order chi connectivity index (χ1) is 8.50. The second kappa shape index (κ2) is 5.57. The third kappa shape index (κ3) is 3.23. The van der Waals surface area contributed by atoms with Crippen molar-refractivity contribution in [1.82, 2.24) is 10.2 Å². The van der Waals surface area contributed by atoms with Crippen molar-refractivity contribution in [2.24, 2.45) is 5.92 Å². The Morgan fingerprint density at radius 2 is 2.06 bits per heavy atom. The Morgan fingerprint density at radius 3 is 2.61 bits per heavy atom. The van der Waals surface area contributed by atoms with Gasteiger partial charge in [-0.15, -0.1) is 0 Å². The molecule has 2 unspecified atom stereocenters. The van der Waals surface area contributed by atoms with Gasteiger partial charge in [0.15, 0.2) is 0 Å². The molecule has 0 spiro atoms. The molecule has 1 heterocycles. The van der Waals surface area contributed by atoms with Crippen LogP contribution in [0, 0.1) is 5.92 Å². The Balaban J connectivity index is 1.84. The highest BCUT2D eigenvalue weighted by molar-refractivity contribution is 5.79. The van der Waals surface area contributed by atoms with E-state index >= 15 is 0 Å². The standard InChI is InChI=1S/C14H26N2O2/c1-11-5-6-12(9-15-11)13(17)16(2)10-14(18)7-3-4-8-14/h11-12,15,18H,3-10H2,1-2H3. The van der Waals surface area contributed by atoms with Crippen molar-refractivity contribution in [3.05, 3.63) is 0 Å². The molecule has 1 saturated heterocycles. The molecule has 2 aliphatic rings. The second-order valence-corrected chi connectivity index (χ2v) is 6.21. The molecular weight excluding hydrogens is 228 g/mol. The minimum Gasteiger partial charge on any atom is -0.388 e. The summed E-state index contributed by atoms with van der Waals surface area (Å²) >= 11 is 0. The van der Waals surface area contributed by atoms with Crippen LogP contribution in [0.3, 0.4) is 0 Å². The third-order valence-corrected chi connectivity index (χ3v) is 4.45. The summed E-state index contributed by atoms with van der Waals surface area (Å²) in [6.45, 7) is 3.44. The fourth-order valence-electron chi connectivity index (χ4n) is 3.23. The summed E-state index contributed by atoms with van der Waals surface area (Å²) < 4.78 is 0. The molecule has 0 aromatic rings. The van der Waals surface area contributed by atoms with Crippen molar-refractivity contribution < 1.29 is 9.90 Å². The van der Waals surface area contributed by atoms with Gasteiger partial charge in [0.05, 0.1) is 11.5 Å². The zero-order valence-corrected chi connectivity index (χ0v) is 11.6. The van der Waals surface area contributed by atoms with Crippen molar-refractivity contribution in [3.63, 3.8) is 0 Å². The molecule has 104 valence electrons. The molecule has 1 saturated carbocycles. The van der Waals surface area contributed by atoms with E-state index in [1.807, 2.05) is 7.05 Å². The van der Waals surface area contributed by atoms with Crippen LogP contribution in [0.4, 0.5) is 0 Å². The average molecular weight is 254 g/mol. The highest BCUT2D eigenvalue weighted by Crippen LogP contribution is 2.30. The Hall–Kier alpha value is -0.610. The Morgan fingerprint density at radius 1 is 1.39 bits per heavy atom. The maximum Gasteiger partial charge on any atom is 0.226 e. The summed E-state index contributed by atoms with van der Waals surface area (Å²) in [6.07, 6.45) is 5.88. The lowest BCUT2D eigenvalue weighted by Gasteiger charge is -2.33. The van der Waals surface area contributed by atoms with Gasteiger partial charge in [0.1, 0.15) is 0 Å². The lowest BCUT2D eigenvalue weighted by molar-refractivity contribution is -0.138. The van der Waals surface area contributed by atoms with Gasteiger partial charge in [-0.1, -0.05) is 12.8 Å². The van der Waals surface area contributed by atoms with E-state index < -0.39 is 5.60 Å². The van der Waals surface area contributed by atoms with Crippen LogP contribution >= 0.6 is 0 Å². The fourth-order valence-corrected chi connectivity index (χ4v) is 3.23. The summed E-state index contributed by atoms with van der Waals surface area (Å²) in [5.41, 5.74) is -0.625. The first kappa shape index (κ1) is 13.8. The summed E-state index contributed by atoms with van der Waals surface area (Å²) in [5.74, 6) is 0.283. The molecule has 4 heteroatoms. The van der Waals surface area contributed by atoms with Gasteiger partial charge in [0.2, 0.25) is 5.91 Å². The highest BCUT2D eigenvalue weighted by atomic mass is 16.3. The number of rotatable bonds is 3. The number of likely N-dealkylation sites (N-methyl/N-ethyl adjacent to an activating group) is 1. The highest BCUT2D eigenvalue weighted by Gasteiger charge is 2.35.